The van der Waals surface area contributed by atoms with Gasteiger partial charge in [-0.3, -0.25) is 0 Å². The average Bonchev–Trinajstić information content (AvgIpc) is 3.09. The Morgan fingerprint density at radius 3 is 2.06 bits per heavy atom. The maximum Gasteiger partial charge on any atom is 0.152 e. The van der Waals surface area contributed by atoms with Crippen molar-refractivity contribution in [2.75, 3.05) is 5.32 Å². The first kappa shape index (κ1) is 34.7. The fourth-order valence-electron chi connectivity index (χ4n) is 4.59. The fourth-order valence-corrected chi connectivity index (χ4v) is 5.49. The van der Waals surface area contributed by atoms with Crippen LogP contribution in [-0.2, 0) is 35.8 Å². The number of phenols is 2. The summed E-state index contributed by atoms with van der Waals surface area (Å²) in [7, 11) is 0. The first-order valence-corrected chi connectivity index (χ1v) is 15.1. The van der Waals surface area contributed by atoms with E-state index in [-0.39, 0.29) is 44.8 Å². The number of nitrogens with zero attached hydrogens (tertiary/aromatic N) is 4. The van der Waals surface area contributed by atoms with Crippen molar-refractivity contribution >= 4 is 79.8 Å². The second-order valence-electron chi connectivity index (χ2n) is 9.72. The quantitative estimate of drug-likeness (QED) is 0.0265. The van der Waals surface area contributed by atoms with Crippen LogP contribution >= 0.6 is 24.1 Å². The number of hydrogen-bond acceptors (Lipinski definition) is 15. The zero-order chi connectivity index (χ0) is 32.6. The number of rotatable bonds is 12. The number of aromatic hydroxyl groups is 2. The zero-order valence-electron chi connectivity index (χ0n) is 24.2. The van der Waals surface area contributed by atoms with E-state index in [0.717, 1.165) is 39.1 Å². The minimum Gasteiger partial charge on any atom is -0.506 e. The predicted octanol–water partition coefficient (Wildman–Crippen LogP) is 10.8. The Morgan fingerprint density at radius 2 is 1.29 bits per heavy atom. The van der Waals surface area contributed by atoms with Gasteiger partial charge in [0.2, 0.25) is 0 Å². The molecule has 0 saturated carbocycles. The molecular formula is C32H23CuN5O8S2. The van der Waals surface area contributed by atoms with Crippen molar-refractivity contribution in [3.63, 3.8) is 0 Å². The molecule has 0 fully saturated rings. The summed E-state index contributed by atoms with van der Waals surface area (Å²) < 4.78 is 9.11. The number of azo groups is 2. The molecule has 0 aliphatic rings. The Hall–Kier alpha value is -4.58. The predicted molar refractivity (Wildman–Crippen MR) is 177 cm³/mol. The zero-order valence-corrected chi connectivity index (χ0v) is 26.8. The maximum absolute atomic E-state index is 11.1. The van der Waals surface area contributed by atoms with Gasteiger partial charge in [0.05, 0.1) is 40.4 Å². The summed E-state index contributed by atoms with van der Waals surface area (Å²) in [6.45, 7) is 0. The molecule has 0 amide bonds. The summed E-state index contributed by atoms with van der Waals surface area (Å²) in [5, 5.41) is 69.3. The van der Waals surface area contributed by atoms with Crippen molar-refractivity contribution in [1.29, 1.82) is 0 Å². The molecule has 6 aromatic rings. The van der Waals surface area contributed by atoms with Gasteiger partial charge in [-0.1, -0.05) is 40.4 Å². The molecule has 0 unspecified atom stereocenters. The van der Waals surface area contributed by atoms with Crippen LogP contribution in [0.15, 0.2) is 139 Å². The van der Waals surface area contributed by atoms with Crippen LogP contribution in [0.25, 0.3) is 21.5 Å². The Labute approximate surface area is 291 Å². The molecule has 0 atom stereocenters. The van der Waals surface area contributed by atoms with Crippen LogP contribution in [0.4, 0.5) is 34.1 Å². The Balaban J connectivity index is 0.00000451. The fraction of sp³-hybridized carbons (Fsp3) is 0. The minimum absolute atomic E-state index is 0. The standard InChI is InChI=1S/C32H23N5O8S2.Cu/c38-29-18-25(35-34-24-8-6-20-16-26(46-44-42-40)11-7-19(20)14-24)10-13-28(29)36-37-31-30(47-45-43-41)17-21-15-23(9-12-27(21)32(31)39)33-22-4-2-1-3-5-22;/h1-18,33,38-41H;. The third-order valence-electron chi connectivity index (χ3n) is 6.72. The van der Waals surface area contributed by atoms with Gasteiger partial charge in [-0.15, -0.1) is 18.9 Å². The molecule has 6 aromatic carbocycles. The topological polar surface area (TPSA) is 179 Å². The summed E-state index contributed by atoms with van der Waals surface area (Å²) >= 11 is 1.49. The van der Waals surface area contributed by atoms with Gasteiger partial charge in [-0.2, -0.15) is 10.2 Å². The first-order valence-electron chi connectivity index (χ1n) is 13.6. The van der Waals surface area contributed by atoms with Crippen LogP contribution in [-0.4, -0.2) is 20.7 Å². The molecular weight excluding hydrogens is 710 g/mol. The normalized spacial score (nSPS) is 11.5. The molecule has 1 radical (unpaired) electrons. The Bertz CT molecular complexity index is 2110. The second-order valence-corrected chi connectivity index (χ2v) is 11.2. The third-order valence-corrected chi connectivity index (χ3v) is 7.92. The Kier molecular flexibility index (Phi) is 11.9. The number of fused-ring (bicyclic) bond motifs is 2. The number of phenolic OH excluding ortho intramolecular Hbond substituents is 2. The molecule has 13 nitrogen and oxygen atoms in total. The molecule has 247 valence electrons. The number of para-hydroxylation sites is 1. The monoisotopic (exact) mass is 732 g/mol. The van der Waals surface area contributed by atoms with Crippen LogP contribution in [0.1, 0.15) is 0 Å². The SMILES string of the molecule is OOOSc1ccc2cc(N=Nc3ccc(N=Nc4c(SOOO)cc5cc(Nc6ccccc6)ccc5c4O)c(O)c3)ccc2c1.[Cu]. The van der Waals surface area contributed by atoms with Gasteiger partial charge in [-0.05, 0) is 89.0 Å². The molecule has 48 heavy (non-hydrogen) atoms. The van der Waals surface area contributed by atoms with E-state index in [1.807, 2.05) is 66.7 Å². The Morgan fingerprint density at radius 1 is 0.583 bits per heavy atom. The van der Waals surface area contributed by atoms with Crippen molar-refractivity contribution < 1.29 is 56.5 Å². The average molecular weight is 733 g/mol. The van der Waals surface area contributed by atoms with Crippen molar-refractivity contribution in [3.8, 4) is 11.5 Å². The van der Waals surface area contributed by atoms with E-state index in [0.29, 0.717) is 34.2 Å². The molecule has 0 spiro atoms. The summed E-state index contributed by atoms with van der Waals surface area (Å²) in [5.41, 5.74) is 2.77. The van der Waals surface area contributed by atoms with Gasteiger partial charge in [0.15, 0.2) is 5.75 Å². The molecule has 0 aliphatic carbocycles. The van der Waals surface area contributed by atoms with Crippen LogP contribution < -0.4 is 5.32 Å². The van der Waals surface area contributed by atoms with Crippen molar-refractivity contribution in [3.05, 3.63) is 109 Å². The van der Waals surface area contributed by atoms with E-state index >= 15 is 0 Å². The van der Waals surface area contributed by atoms with E-state index in [1.54, 1.807) is 30.3 Å². The van der Waals surface area contributed by atoms with Crippen LogP contribution in [0.2, 0.25) is 0 Å². The van der Waals surface area contributed by atoms with Crippen molar-refractivity contribution in [2.24, 2.45) is 20.5 Å². The largest absolute Gasteiger partial charge is 0.506 e. The molecule has 16 heteroatoms. The third kappa shape index (κ3) is 8.46. The molecule has 0 heterocycles. The van der Waals surface area contributed by atoms with Gasteiger partial charge in [0.1, 0.15) is 17.1 Å². The van der Waals surface area contributed by atoms with Crippen molar-refractivity contribution in [2.45, 2.75) is 9.79 Å². The number of hydrogen-bond donors (Lipinski definition) is 5. The molecule has 6 rings (SSSR count). The summed E-state index contributed by atoms with van der Waals surface area (Å²) in [6, 6.07) is 32.2. The smallest absolute Gasteiger partial charge is 0.152 e. The maximum atomic E-state index is 11.1. The number of benzene rings is 6. The van der Waals surface area contributed by atoms with Crippen molar-refractivity contribution in [1.82, 2.24) is 0 Å². The minimum atomic E-state index is -0.219. The van der Waals surface area contributed by atoms with Crippen LogP contribution in [0.5, 0.6) is 11.5 Å². The van der Waals surface area contributed by atoms with Gasteiger partial charge >= 0.3 is 0 Å². The molecule has 5 N–H and O–H groups in total. The number of anilines is 2. The van der Waals surface area contributed by atoms with Gasteiger partial charge < -0.3 is 15.5 Å². The van der Waals surface area contributed by atoms with Gasteiger partial charge in [0.25, 0.3) is 0 Å². The van der Waals surface area contributed by atoms with Crippen LogP contribution in [0.3, 0.4) is 0 Å². The summed E-state index contributed by atoms with van der Waals surface area (Å²) in [6.07, 6.45) is 0. The molecule has 0 bridgehead atoms. The summed E-state index contributed by atoms with van der Waals surface area (Å²) in [5.74, 6) is -0.409. The van der Waals surface area contributed by atoms with Gasteiger partial charge in [-0.25, -0.2) is 10.5 Å². The van der Waals surface area contributed by atoms with E-state index in [2.05, 4.69) is 44.5 Å². The number of nitrogens with one attached hydrogen (secondary N) is 1. The molecule has 0 saturated heterocycles. The van der Waals surface area contributed by atoms with Crippen LogP contribution in [0, 0.1) is 0 Å². The van der Waals surface area contributed by atoms with E-state index < -0.39 is 0 Å². The van der Waals surface area contributed by atoms with E-state index in [9.17, 15) is 10.2 Å². The first-order chi connectivity index (χ1) is 23.0. The van der Waals surface area contributed by atoms with E-state index in [1.165, 1.54) is 12.1 Å². The van der Waals surface area contributed by atoms with Gasteiger partial charge in [0, 0.05) is 44.8 Å². The summed E-state index contributed by atoms with van der Waals surface area (Å²) in [4.78, 5) is 1.02. The van der Waals surface area contributed by atoms with E-state index in [4.69, 9.17) is 10.5 Å². The second kappa shape index (κ2) is 16.5. The molecule has 0 aliphatic heterocycles. The molecule has 0 aromatic heterocycles.